The predicted molar refractivity (Wildman–Crippen MR) is 198 cm³/mol. The summed E-state index contributed by atoms with van der Waals surface area (Å²) < 4.78 is 12.8. The van der Waals surface area contributed by atoms with E-state index in [2.05, 4.69) is 10.6 Å². The minimum atomic E-state index is -1.88. The van der Waals surface area contributed by atoms with Crippen molar-refractivity contribution in [3.63, 3.8) is 0 Å². The van der Waals surface area contributed by atoms with Gasteiger partial charge in [0, 0.05) is 23.0 Å². The first kappa shape index (κ1) is 32.5. The SMILES string of the molecule is COc1ccc(/C=C2\c3nn(-c4ccccc4)c(-c4ccc(OC)cc4)c3C(c3ccccc3)C3(C(=O)NC(=O)NC3=O)C2c2ccccc2)cc1. The second-order valence-corrected chi connectivity index (χ2v) is 12.8. The highest BCUT2D eigenvalue weighted by Crippen LogP contribution is 2.63. The predicted octanol–water partition coefficient (Wildman–Crippen LogP) is 7.38. The van der Waals surface area contributed by atoms with Gasteiger partial charge in [-0.15, -0.1) is 0 Å². The second-order valence-electron chi connectivity index (χ2n) is 12.8. The first-order valence-corrected chi connectivity index (χ1v) is 16.9. The van der Waals surface area contributed by atoms with Gasteiger partial charge in [0.1, 0.15) is 11.5 Å². The van der Waals surface area contributed by atoms with Crippen LogP contribution in [0.15, 0.2) is 140 Å². The molecule has 9 nitrogen and oxygen atoms in total. The smallest absolute Gasteiger partial charge is 0.328 e. The van der Waals surface area contributed by atoms with Gasteiger partial charge in [-0.1, -0.05) is 91.0 Å². The van der Waals surface area contributed by atoms with Gasteiger partial charge in [-0.05, 0) is 76.9 Å². The zero-order valence-electron chi connectivity index (χ0n) is 28.4. The highest BCUT2D eigenvalue weighted by atomic mass is 16.5. The Morgan fingerprint density at radius 1 is 0.635 bits per heavy atom. The Morgan fingerprint density at radius 2 is 1.13 bits per heavy atom. The second kappa shape index (κ2) is 13.2. The number of rotatable bonds is 7. The third-order valence-electron chi connectivity index (χ3n) is 9.98. The average molecular weight is 687 g/mol. The number of urea groups is 1. The van der Waals surface area contributed by atoms with Gasteiger partial charge in [-0.25, -0.2) is 9.48 Å². The molecule has 0 bridgehead atoms. The molecule has 6 aromatic rings. The van der Waals surface area contributed by atoms with Crippen LogP contribution in [0, 0.1) is 5.41 Å². The number of fused-ring (bicyclic) bond motifs is 1. The van der Waals surface area contributed by atoms with Crippen LogP contribution in [0.4, 0.5) is 4.79 Å². The highest BCUT2D eigenvalue weighted by molar-refractivity contribution is 6.23. The average Bonchev–Trinajstić information content (AvgIpc) is 3.58. The van der Waals surface area contributed by atoms with Crippen LogP contribution in [0.1, 0.15) is 39.8 Å². The van der Waals surface area contributed by atoms with Crippen molar-refractivity contribution in [2.75, 3.05) is 14.2 Å². The van der Waals surface area contributed by atoms with Crippen LogP contribution in [-0.4, -0.2) is 41.8 Å². The van der Waals surface area contributed by atoms with Crippen LogP contribution in [0.25, 0.3) is 28.6 Å². The zero-order chi connectivity index (χ0) is 35.8. The highest BCUT2D eigenvalue weighted by Gasteiger charge is 2.66. The van der Waals surface area contributed by atoms with Crippen LogP contribution < -0.4 is 20.1 Å². The van der Waals surface area contributed by atoms with Crippen LogP contribution in [0.3, 0.4) is 0 Å². The molecule has 1 fully saturated rings. The number of amides is 4. The summed E-state index contributed by atoms with van der Waals surface area (Å²) in [7, 11) is 3.22. The fourth-order valence-electron chi connectivity index (χ4n) is 7.74. The van der Waals surface area contributed by atoms with E-state index < -0.39 is 35.1 Å². The lowest BCUT2D eigenvalue weighted by Gasteiger charge is -2.49. The first-order chi connectivity index (χ1) is 25.4. The molecule has 1 aromatic heterocycles. The quantitative estimate of drug-likeness (QED) is 0.170. The van der Waals surface area contributed by atoms with Gasteiger partial charge < -0.3 is 9.47 Å². The number of allylic oxidation sites excluding steroid dienone is 1. The summed E-state index contributed by atoms with van der Waals surface area (Å²) in [5.74, 6) is -1.81. The Balaban J connectivity index is 1.57. The zero-order valence-corrected chi connectivity index (χ0v) is 28.4. The molecule has 2 atom stereocenters. The van der Waals surface area contributed by atoms with Crippen molar-refractivity contribution in [2.45, 2.75) is 11.8 Å². The normalized spacial score (nSPS) is 18.4. The van der Waals surface area contributed by atoms with E-state index >= 15 is 0 Å². The van der Waals surface area contributed by atoms with Gasteiger partial charge >= 0.3 is 6.03 Å². The number of nitrogens with zero attached hydrogens (tertiary/aromatic N) is 2. The molecule has 2 N–H and O–H groups in total. The monoisotopic (exact) mass is 686 g/mol. The van der Waals surface area contributed by atoms with E-state index in [4.69, 9.17) is 14.6 Å². The molecule has 52 heavy (non-hydrogen) atoms. The summed E-state index contributed by atoms with van der Waals surface area (Å²) in [5.41, 5.74) is 4.58. The van der Waals surface area contributed by atoms with Crippen molar-refractivity contribution < 1.29 is 23.9 Å². The third-order valence-corrected chi connectivity index (χ3v) is 9.98. The fourth-order valence-corrected chi connectivity index (χ4v) is 7.74. The maximum atomic E-state index is 15.0. The molecular weight excluding hydrogens is 652 g/mol. The molecule has 1 spiro atoms. The van der Waals surface area contributed by atoms with Crippen molar-refractivity contribution in [3.8, 4) is 28.4 Å². The van der Waals surface area contributed by atoms with Crippen LogP contribution in [0.5, 0.6) is 11.5 Å². The van der Waals surface area contributed by atoms with E-state index in [9.17, 15) is 14.4 Å². The number of carbonyl (C=O) groups excluding carboxylic acids is 3. The van der Waals surface area contributed by atoms with E-state index in [-0.39, 0.29) is 0 Å². The molecule has 1 saturated heterocycles. The molecular formula is C43H34N4O5. The summed E-state index contributed by atoms with van der Waals surface area (Å²) in [6.07, 6.45) is 1.98. The van der Waals surface area contributed by atoms with Gasteiger partial charge in [0.05, 0.1) is 31.3 Å². The van der Waals surface area contributed by atoms with Gasteiger partial charge in [0.2, 0.25) is 11.8 Å². The van der Waals surface area contributed by atoms with E-state index in [0.29, 0.717) is 39.6 Å². The van der Waals surface area contributed by atoms with E-state index in [1.807, 2.05) is 150 Å². The number of nitrogens with one attached hydrogen (secondary N) is 2. The van der Waals surface area contributed by atoms with Gasteiger partial charge in [-0.2, -0.15) is 5.10 Å². The van der Waals surface area contributed by atoms with Crippen molar-refractivity contribution in [1.82, 2.24) is 20.4 Å². The maximum absolute atomic E-state index is 15.0. The topological polar surface area (TPSA) is 112 Å². The van der Waals surface area contributed by atoms with Crippen molar-refractivity contribution in [3.05, 3.63) is 167 Å². The summed E-state index contributed by atoms with van der Waals surface area (Å²) in [4.78, 5) is 42.9. The number of hydrogen-bond donors (Lipinski definition) is 2. The molecule has 2 unspecified atom stereocenters. The number of carbonyl (C=O) groups is 3. The summed E-state index contributed by atoms with van der Waals surface area (Å²) in [6, 6.07) is 43.1. The molecule has 5 aromatic carbocycles. The Labute approximate surface area is 300 Å². The lowest BCUT2D eigenvalue weighted by molar-refractivity contribution is -0.146. The van der Waals surface area contributed by atoms with E-state index in [1.165, 1.54) is 0 Å². The molecule has 0 saturated carbocycles. The molecule has 8 rings (SSSR count). The number of para-hydroxylation sites is 1. The molecule has 2 heterocycles. The number of aromatic nitrogens is 2. The van der Waals surface area contributed by atoms with Crippen LogP contribution in [0.2, 0.25) is 0 Å². The molecule has 256 valence electrons. The molecule has 2 aliphatic rings. The molecule has 1 aliphatic heterocycles. The number of benzene rings is 5. The van der Waals surface area contributed by atoms with E-state index in [1.54, 1.807) is 14.2 Å². The first-order valence-electron chi connectivity index (χ1n) is 16.9. The van der Waals surface area contributed by atoms with Crippen molar-refractivity contribution >= 4 is 29.5 Å². The van der Waals surface area contributed by atoms with Gasteiger partial charge in [0.15, 0.2) is 5.41 Å². The number of methoxy groups -OCH3 is 2. The summed E-state index contributed by atoms with van der Waals surface area (Å²) >= 11 is 0. The molecule has 9 heteroatoms. The standard InChI is InChI=1S/C43H34N4O5/c1-51-32-22-18-27(19-23-32)26-34-36(28-12-6-3-7-13-28)43(40(48)44-42(50)45-41(43)49)37(29-14-8-4-9-15-29)35-38(34)46-47(31-16-10-5-11-17-31)39(35)30-20-24-33(52-2)25-21-30/h3-26,36-37H,1-2H3,(H2,44,45,48,49,50)/b34-26-. The minimum absolute atomic E-state index is 0.622. The third kappa shape index (κ3) is 5.25. The number of imide groups is 2. The Morgan fingerprint density at radius 3 is 1.67 bits per heavy atom. The number of ether oxygens (including phenoxy) is 2. The lowest BCUT2D eigenvalue weighted by Crippen LogP contribution is -2.67. The fraction of sp³-hybridized carbons (Fsp3) is 0.116. The largest absolute Gasteiger partial charge is 0.497 e. The molecule has 4 amide bonds. The van der Waals surface area contributed by atoms with Gasteiger partial charge in [-0.3, -0.25) is 20.2 Å². The molecule has 0 radical (unpaired) electrons. The Hall–Kier alpha value is -6.74. The van der Waals surface area contributed by atoms with Crippen LogP contribution >= 0.6 is 0 Å². The minimum Gasteiger partial charge on any atom is -0.497 e. The maximum Gasteiger partial charge on any atom is 0.328 e. The number of barbiturate groups is 1. The Kier molecular flexibility index (Phi) is 8.23. The summed E-state index contributed by atoms with van der Waals surface area (Å²) in [6.45, 7) is 0. The lowest BCUT2D eigenvalue weighted by atomic mass is 9.52. The Bertz CT molecular complexity index is 2300. The van der Waals surface area contributed by atoms with Crippen LogP contribution in [-0.2, 0) is 9.59 Å². The van der Waals surface area contributed by atoms with E-state index in [0.717, 1.165) is 22.4 Å². The summed E-state index contributed by atoms with van der Waals surface area (Å²) in [5, 5.41) is 10.4. The number of hydrogen-bond acceptors (Lipinski definition) is 6. The van der Waals surface area contributed by atoms with Crippen molar-refractivity contribution in [2.24, 2.45) is 5.41 Å². The molecule has 1 aliphatic carbocycles. The van der Waals surface area contributed by atoms with Crippen molar-refractivity contribution in [1.29, 1.82) is 0 Å². The van der Waals surface area contributed by atoms with Gasteiger partial charge in [0.25, 0.3) is 0 Å².